The van der Waals surface area contributed by atoms with Crippen molar-refractivity contribution < 1.29 is 5.11 Å². The number of hydrogen-bond donors (Lipinski definition) is 2. The number of hydrogen-bond acceptors (Lipinski definition) is 5. The van der Waals surface area contributed by atoms with Gasteiger partial charge in [0, 0.05) is 0 Å². The molecule has 0 saturated heterocycles. The molecule has 0 aliphatic heterocycles. The van der Waals surface area contributed by atoms with Gasteiger partial charge < -0.3 is 10.4 Å². The van der Waals surface area contributed by atoms with Gasteiger partial charge >= 0.3 is 0 Å². The van der Waals surface area contributed by atoms with Crippen molar-refractivity contribution in [1.29, 1.82) is 0 Å². The topological polar surface area (TPSA) is 75.9 Å². The fraction of sp³-hybridized carbons (Fsp3) is 0.312. The molecule has 3 rings (SSSR count). The maximum absolute atomic E-state index is 9.41. The van der Waals surface area contributed by atoms with Crippen LogP contribution in [0.15, 0.2) is 36.8 Å². The molecule has 0 atom stereocenters. The van der Waals surface area contributed by atoms with Gasteiger partial charge in [-0.25, -0.2) is 14.6 Å². The van der Waals surface area contributed by atoms with Crippen LogP contribution in [-0.2, 0) is 0 Å². The maximum atomic E-state index is 9.41. The van der Waals surface area contributed by atoms with Crippen molar-refractivity contribution in [3.63, 3.8) is 0 Å². The molecular formula is C16H19N5O. The zero-order chi connectivity index (χ0) is 15.7. The summed E-state index contributed by atoms with van der Waals surface area (Å²) in [4.78, 5) is 8.63. The first-order valence-corrected chi connectivity index (χ1v) is 7.15. The number of nitrogens with one attached hydrogen (secondary N) is 1. The molecule has 0 aliphatic rings. The van der Waals surface area contributed by atoms with Gasteiger partial charge in [-0.05, 0) is 38.5 Å². The number of aromatic nitrogens is 4. The first kappa shape index (κ1) is 14.5. The smallest absolute Gasteiger partial charge is 0.168 e. The van der Waals surface area contributed by atoms with E-state index in [0.29, 0.717) is 5.82 Å². The fourth-order valence-electron chi connectivity index (χ4n) is 2.25. The Hall–Kier alpha value is -2.47. The molecule has 0 spiro atoms. The van der Waals surface area contributed by atoms with Gasteiger partial charge in [0.25, 0.3) is 0 Å². The largest absolute Gasteiger partial charge is 0.394 e. The standard InChI is InChI=1S/C16H19N5O/c1-11-5-4-6-12(7-11)21-15-13(8-19-21)14(17-10-18-15)20-16(2,3)9-22/h4-8,10,22H,9H2,1-3H3,(H,17,18,20). The van der Waals surface area contributed by atoms with E-state index in [4.69, 9.17) is 0 Å². The highest BCUT2D eigenvalue weighted by molar-refractivity contribution is 5.87. The molecule has 2 aromatic heterocycles. The SMILES string of the molecule is Cc1cccc(-n2ncc3c(NC(C)(C)CO)ncnc32)c1. The van der Waals surface area contributed by atoms with Gasteiger partial charge in [-0.1, -0.05) is 12.1 Å². The Morgan fingerprint density at radius 3 is 2.82 bits per heavy atom. The number of fused-ring (bicyclic) bond motifs is 1. The van der Waals surface area contributed by atoms with Gasteiger partial charge in [-0.15, -0.1) is 0 Å². The van der Waals surface area contributed by atoms with Crippen molar-refractivity contribution in [1.82, 2.24) is 19.7 Å². The van der Waals surface area contributed by atoms with E-state index in [9.17, 15) is 5.11 Å². The van der Waals surface area contributed by atoms with Crippen LogP contribution in [0.1, 0.15) is 19.4 Å². The maximum Gasteiger partial charge on any atom is 0.168 e. The second-order valence-corrected chi connectivity index (χ2v) is 6.02. The molecule has 0 unspecified atom stereocenters. The number of aliphatic hydroxyl groups excluding tert-OH is 1. The van der Waals surface area contributed by atoms with Crippen LogP contribution in [0, 0.1) is 6.92 Å². The van der Waals surface area contributed by atoms with Crippen LogP contribution in [0.5, 0.6) is 0 Å². The minimum Gasteiger partial charge on any atom is -0.394 e. The summed E-state index contributed by atoms with van der Waals surface area (Å²) in [7, 11) is 0. The summed E-state index contributed by atoms with van der Waals surface area (Å²) in [5.74, 6) is 0.669. The second kappa shape index (κ2) is 5.38. The van der Waals surface area contributed by atoms with Crippen LogP contribution in [-0.4, -0.2) is 37.0 Å². The van der Waals surface area contributed by atoms with Crippen molar-refractivity contribution in [3.8, 4) is 5.69 Å². The van der Waals surface area contributed by atoms with Crippen LogP contribution in [0.3, 0.4) is 0 Å². The number of aryl methyl sites for hydroxylation is 1. The number of aliphatic hydroxyl groups is 1. The molecule has 0 aliphatic carbocycles. The Bertz CT molecular complexity index is 809. The molecule has 3 aromatic rings. The minimum atomic E-state index is -0.466. The van der Waals surface area contributed by atoms with Gasteiger partial charge in [0.1, 0.15) is 12.1 Å². The molecule has 0 bridgehead atoms. The van der Waals surface area contributed by atoms with Crippen LogP contribution in [0.2, 0.25) is 0 Å². The van der Waals surface area contributed by atoms with Crippen LogP contribution < -0.4 is 5.32 Å². The summed E-state index contributed by atoms with van der Waals surface area (Å²) in [5, 5.41) is 17.9. The molecule has 114 valence electrons. The highest BCUT2D eigenvalue weighted by Crippen LogP contribution is 2.24. The Morgan fingerprint density at radius 1 is 1.27 bits per heavy atom. The van der Waals surface area contributed by atoms with Crippen molar-refractivity contribution >= 4 is 16.9 Å². The Labute approximate surface area is 128 Å². The predicted octanol–water partition coefficient (Wildman–Crippen LogP) is 2.31. The summed E-state index contributed by atoms with van der Waals surface area (Å²) >= 11 is 0. The lowest BCUT2D eigenvalue weighted by molar-refractivity contribution is 0.234. The highest BCUT2D eigenvalue weighted by Gasteiger charge is 2.19. The lowest BCUT2D eigenvalue weighted by Gasteiger charge is -2.24. The van der Waals surface area contributed by atoms with E-state index in [-0.39, 0.29) is 6.61 Å². The van der Waals surface area contributed by atoms with E-state index in [2.05, 4.69) is 26.4 Å². The molecule has 2 N–H and O–H groups in total. The number of rotatable bonds is 4. The first-order valence-electron chi connectivity index (χ1n) is 7.15. The lowest BCUT2D eigenvalue weighted by Crippen LogP contribution is -2.35. The Kier molecular flexibility index (Phi) is 3.54. The van der Waals surface area contributed by atoms with Gasteiger partial charge in [0.2, 0.25) is 0 Å². The molecular weight excluding hydrogens is 278 g/mol. The normalized spacial score (nSPS) is 11.8. The zero-order valence-electron chi connectivity index (χ0n) is 12.9. The van der Waals surface area contributed by atoms with E-state index in [1.165, 1.54) is 6.33 Å². The summed E-state index contributed by atoms with van der Waals surface area (Å²) in [6.07, 6.45) is 3.25. The lowest BCUT2D eigenvalue weighted by atomic mass is 10.1. The molecule has 0 amide bonds. The van der Waals surface area contributed by atoms with Crippen molar-refractivity contribution in [3.05, 3.63) is 42.4 Å². The number of benzene rings is 1. The third kappa shape index (κ3) is 2.65. The molecule has 1 aromatic carbocycles. The molecule has 22 heavy (non-hydrogen) atoms. The predicted molar refractivity (Wildman–Crippen MR) is 86.2 cm³/mol. The Morgan fingerprint density at radius 2 is 2.09 bits per heavy atom. The summed E-state index contributed by atoms with van der Waals surface area (Å²) < 4.78 is 1.79. The van der Waals surface area contributed by atoms with Crippen LogP contribution in [0.25, 0.3) is 16.7 Å². The quantitative estimate of drug-likeness (QED) is 0.773. The third-order valence-corrected chi connectivity index (χ3v) is 3.46. The van der Waals surface area contributed by atoms with E-state index in [0.717, 1.165) is 22.3 Å². The fourth-order valence-corrected chi connectivity index (χ4v) is 2.25. The van der Waals surface area contributed by atoms with E-state index >= 15 is 0 Å². The monoisotopic (exact) mass is 297 g/mol. The van der Waals surface area contributed by atoms with Crippen LogP contribution >= 0.6 is 0 Å². The van der Waals surface area contributed by atoms with Crippen LogP contribution in [0.4, 0.5) is 5.82 Å². The Balaban J connectivity index is 2.09. The molecule has 2 heterocycles. The molecule has 0 saturated carbocycles. The third-order valence-electron chi connectivity index (χ3n) is 3.46. The number of nitrogens with zero attached hydrogens (tertiary/aromatic N) is 4. The van der Waals surface area contributed by atoms with Gasteiger partial charge in [-0.3, -0.25) is 0 Å². The average Bonchev–Trinajstić information content (AvgIpc) is 2.92. The first-order chi connectivity index (χ1) is 10.5. The molecule has 6 nitrogen and oxygen atoms in total. The second-order valence-electron chi connectivity index (χ2n) is 6.02. The van der Waals surface area contributed by atoms with Gasteiger partial charge in [0.05, 0.1) is 29.4 Å². The van der Waals surface area contributed by atoms with Gasteiger partial charge in [-0.2, -0.15) is 5.10 Å². The number of anilines is 1. The van der Waals surface area contributed by atoms with E-state index in [1.54, 1.807) is 10.9 Å². The highest BCUT2D eigenvalue weighted by atomic mass is 16.3. The molecule has 0 radical (unpaired) electrons. The van der Waals surface area contributed by atoms with Crippen molar-refractivity contribution in [2.75, 3.05) is 11.9 Å². The zero-order valence-corrected chi connectivity index (χ0v) is 12.9. The summed E-state index contributed by atoms with van der Waals surface area (Å²) in [5.41, 5.74) is 2.39. The van der Waals surface area contributed by atoms with E-state index in [1.807, 2.05) is 39.0 Å². The van der Waals surface area contributed by atoms with Crippen molar-refractivity contribution in [2.45, 2.75) is 26.3 Å². The summed E-state index contributed by atoms with van der Waals surface area (Å²) in [6.45, 7) is 5.86. The minimum absolute atomic E-state index is 0.00448. The molecule has 6 heteroatoms. The summed E-state index contributed by atoms with van der Waals surface area (Å²) in [6, 6.07) is 8.08. The average molecular weight is 297 g/mol. The molecule has 0 fully saturated rings. The van der Waals surface area contributed by atoms with Crippen molar-refractivity contribution in [2.24, 2.45) is 0 Å². The van der Waals surface area contributed by atoms with Gasteiger partial charge in [0.15, 0.2) is 5.65 Å². The van der Waals surface area contributed by atoms with E-state index < -0.39 is 5.54 Å².